The molecule has 2 rings (SSSR count). The number of hydrogen-bond acceptors (Lipinski definition) is 1. The van der Waals surface area contributed by atoms with Crippen molar-refractivity contribution in [3.63, 3.8) is 0 Å². The monoisotopic (exact) mass is 223 g/mol. The van der Waals surface area contributed by atoms with E-state index in [0.29, 0.717) is 5.71 Å². The second-order valence-electron chi connectivity index (χ2n) is 4.44. The molecule has 1 aromatic carbocycles. The van der Waals surface area contributed by atoms with E-state index in [2.05, 4.69) is 38.3 Å². The lowest BCUT2D eigenvalue weighted by Gasteiger charge is -2.08. The normalized spacial score (nSPS) is 17.8. The molecule has 1 aromatic rings. The zero-order chi connectivity index (χ0) is 12.4. The first-order valence-corrected chi connectivity index (χ1v) is 5.83. The van der Waals surface area contributed by atoms with E-state index in [0.717, 1.165) is 29.6 Å². The van der Waals surface area contributed by atoms with Crippen molar-refractivity contribution in [2.45, 2.75) is 19.8 Å². The zero-order valence-corrected chi connectivity index (χ0v) is 10.2. The van der Waals surface area contributed by atoms with Crippen molar-refractivity contribution >= 4 is 11.3 Å². The van der Waals surface area contributed by atoms with Crippen molar-refractivity contribution in [1.82, 2.24) is 0 Å². The highest BCUT2D eigenvalue weighted by atomic mass is 14.4. The summed E-state index contributed by atoms with van der Waals surface area (Å²) in [5.74, 6) is 0. The molecule has 0 amide bonds. The van der Waals surface area contributed by atoms with E-state index in [1.54, 1.807) is 6.08 Å². The highest BCUT2D eigenvalue weighted by Gasteiger charge is 2.18. The molecule has 0 spiro atoms. The van der Waals surface area contributed by atoms with Gasteiger partial charge < -0.3 is 0 Å². The number of allylic oxidation sites excluding steroid dienone is 4. The molecule has 0 saturated heterocycles. The van der Waals surface area contributed by atoms with Crippen molar-refractivity contribution in [2.24, 2.45) is 0 Å². The quantitative estimate of drug-likeness (QED) is 0.693. The van der Waals surface area contributed by atoms with Crippen molar-refractivity contribution < 1.29 is 0 Å². The Labute approximate surface area is 103 Å². The molecule has 0 radical (unpaired) electrons. The number of nitrogens with one attached hydrogen (secondary N) is 1. The van der Waals surface area contributed by atoms with Crippen LogP contribution in [0.5, 0.6) is 0 Å². The topological polar surface area (TPSA) is 23.9 Å². The van der Waals surface area contributed by atoms with Gasteiger partial charge in [0.15, 0.2) is 0 Å². The fourth-order valence-corrected chi connectivity index (χ4v) is 2.26. The van der Waals surface area contributed by atoms with E-state index >= 15 is 0 Å². The second-order valence-corrected chi connectivity index (χ2v) is 4.44. The molecule has 17 heavy (non-hydrogen) atoms. The Kier molecular flexibility index (Phi) is 3.10. The van der Waals surface area contributed by atoms with Gasteiger partial charge in [0.2, 0.25) is 0 Å². The van der Waals surface area contributed by atoms with Crippen LogP contribution in [-0.4, -0.2) is 5.71 Å². The van der Waals surface area contributed by atoms with E-state index in [9.17, 15) is 0 Å². The van der Waals surface area contributed by atoms with Crippen molar-refractivity contribution in [3.8, 4) is 0 Å². The molecule has 0 saturated carbocycles. The van der Waals surface area contributed by atoms with Crippen LogP contribution < -0.4 is 0 Å². The van der Waals surface area contributed by atoms with Gasteiger partial charge in [0.05, 0.1) is 5.71 Å². The van der Waals surface area contributed by atoms with E-state index in [1.807, 2.05) is 6.08 Å². The summed E-state index contributed by atoms with van der Waals surface area (Å²) in [6.07, 6.45) is 5.53. The number of hydrogen-bond donors (Lipinski definition) is 1. The highest BCUT2D eigenvalue weighted by Crippen LogP contribution is 2.29. The summed E-state index contributed by atoms with van der Waals surface area (Å²) >= 11 is 0. The van der Waals surface area contributed by atoms with Crippen LogP contribution in [-0.2, 0) is 6.42 Å². The molecule has 1 heteroatoms. The van der Waals surface area contributed by atoms with Crippen LogP contribution in [0, 0.1) is 12.3 Å². The third kappa shape index (κ3) is 2.14. The van der Waals surface area contributed by atoms with Crippen LogP contribution in [0.2, 0.25) is 0 Å². The standard InChI is InChI=1S/C16H17N/c1-4-5-13-7-8-14-10-11(2)6-9-15(14)12(3)16(13)17/h4-6,9-10,17H,1,3,7-8H2,2H3/b13-5-,17-16?. The minimum absolute atomic E-state index is 0.549. The lowest BCUT2D eigenvalue weighted by Crippen LogP contribution is -2.01. The zero-order valence-electron chi connectivity index (χ0n) is 10.2. The Balaban J connectivity index is 2.51. The highest BCUT2D eigenvalue weighted by molar-refractivity contribution is 6.30. The smallest absolute Gasteiger partial charge is 0.0644 e. The maximum atomic E-state index is 8.16. The third-order valence-electron chi connectivity index (χ3n) is 3.19. The molecule has 0 aliphatic heterocycles. The SMILES string of the molecule is C=C/C=C1/CCc2cc(C)ccc2C(=C)C1=N. The van der Waals surface area contributed by atoms with Crippen LogP contribution in [0.15, 0.2) is 49.1 Å². The van der Waals surface area contributed by atoms with Crippen molar-refractivity contribution in [1.29, 1.82) is 5.41 Å². The summed E-state index contributed by atoms with van der Waals surface area (Å²) in [7, 11) is 0. The summed E-state index contributed by atoms with van der Waals surface area (Å²) in [5.41, 5.74) is 6.08. The molecule has 0 aromatic heterocycles. The van der Waals surface area contributed by atoms with E-state index in [1.165, 1.54) is 11.1 Å². The summed E-state index contributed by atoms with van der Waals surface area (Å²) in [6.45, 7) is 9.86. The molecule has 1 aliphatic carbocycles. The predicted octanol–water partition coefficient (Wildman–Crippen LogP) is 4.09. The summed E-state index contributed by atoms with van der Waals surface area (Å²) in [4.78, 5) is 0. The fraction of sp³-hybridized carbons (Fsp3) is 0.188. The number of rotatable bonds is 1. The van der Waals surface area contributed by atoms with Crippen LogP contribution >= 0.6 is 0 Å². The lowest BCUT2D eigenvalue weighted by atomic mass is 9.96. The van der Waals surface area contributed by atoms with Crippen molar-refractivity contribution in [3.05, 3.63) is 65.8 Å². The van der Waals surface area contributed by atoms with Gasteiger partial charge in [-0.1, -0.05) is 49.1 Å². The molecule has 0 fully saturated rings. The second kappa shape index (κ2) is 4.54. The minimum Gasteiger partial charge on any atom is -0.300 e. The van der Waals surface area contributed by atoms with Crippen molar-refractivity contribution in [2.75, 3.05) is 0 Å². The van der Waals surface area contributed by atoms with Gasteiger partial charge in [0.1, 0.15) is 0 Å². The molecular weight excluding hydrogens is 206 g/mol. The van der Waals surface area contributed by atoms with Crippen LogP contribution in [0.3, 0.4) is 0 Å². The van der Waals surface area contributed by atoms with Gasteiger partial charge in [-0.2, -0.15) is 0 Å². The summed E-state index contributed by atoms with van der Waals surface area (Å²) in [5, 5.41) is 8.16. The number of aryl methyl sites for hydroxylation is 2. The molecular formula is C16H17N. The Morgan fingerprint density at radius 2 is 2.06 bits per heavy atom. The number of fused-ring (bicyclic) bond motifs is 1. The first-order chi connectivity index (χ1) is 8.13. The van der Waals surface area contributed by atoms with Crippen LogP contribution in [0.1, 0.15) is 23.1 Å². The Hall–Kier alpha value is -1.89. The average Bonchev–Trinajstić information content (AvgIpc) is 2.42. The Morgan fingerprint density at radius 1 is 1.29 bits per heavy atom. The molecule has 0 atom stereocenters. The first kappa shape index (κ1) is 11.6. The van der Waals surface area contributed by atoms with Gasteiger partial charge >= 0.3 is 0 Å². The molecule has 0 bridgehead atoms. The van der Waals surface area contributed by atoms with Gasteiger partial charge in [0.25, 0.3) is 0 Å². The molecule has 1 nitrogen and oxygen atoms in total. The summed E-state index contributed by atoms with van der Waals surface area (Å²) < 4.78 is 0. The largest absolute Gasteiger partial charge is 0.300 e. The minimum atomic E-state index is 0.549. The van der Waals surface area contributed by atoms with Gasteiger partial charge in [-0.25, -0.2) is 0 Å². The number of benzene rings is 1. The Morgan fingerprint density at radius 3 is 2.76 bits per heavy atom. The molecule has 0 heterocycles. The third-order valence-corrected chi connectivity index (χ3v) is 3.19. The predicted molar refractivity (Wildman–Crippen MR) is 74.5 cm³/mol. The van der Waals surface area contributed by atoms with E-state index in [-0.39, 0.29) is 0 Å². The van der Waals surface area contributed by atoms with Crippen LogP contribution in [0.4, 0.5) is 0 Å². The van der Waals surface area contributed by atoms with E-state index < -0.39 is 0 Å². The summed E-state index contributed by atoms with van der Waals surface area (Å²) in [6, 6.07) is 6.36. The van der Waals surface area contributed by atoms with Gasteiger partial charge in [-0.3, -0.25) is 5.41 Å². The maximum Gasteiger partial charge on any atom is 0.0644 e. The molecule has 1 aliphatic rings. The van der Waals surface area contributed by atoms with Gasteiger partial charge in [0, 0.05) is 0 Å². The lowest BCUT2D eigenvalue weighted by molar-refractivity contribution is 0.978. The first-order valence-electron chi connectivity index (χ1n) is 5.83. The van der Waals surface area contributed by atoms with Gasteiger partial charge in [-0.05, 0) is 42.0 Å². The average molecular weight is 223 g/mol. The fourth-order valence-electron chi connectivity index (χ4n) is 2.26. The molecule has 1 N–H and O–H groups in total. The molecule has 86 valence electrons. The van der Waals surface area contributed by atoms with Gasteiger partial charge in [-0.15, -0.1) is 0 Å². The molecule has 0 unspecified atom stereocenters. The maximum absolute atomic E-state index is 8.16. The Bertz CT molecular complexity index is 532. The van der Waals surface area contributed by atoms with E-state index in [4.69, 9.17) is 5.41 Å². The van der Waals surface area contributed by atoms with Crippen LogP contribution in [0.25, 0.3) is 5.57 Å².